The van der Waals surface area contributed by atoms with Crippen molar-refractivity contribution in [1.29, 1.82) is 0 Å². The van der Waals surface area contributed by atoms with E-state index in [2.05, 4.69) is 21.1 Å². The van der Waals surface area contributed by atoms with Crippen LogP contribution in [0.5, 0.6) is 0 Å². The van der Waals surface area contributed by atoms with Gasteiger partial charge in [-0.3, -0.25) is 0 Å². The molecule has 1 unspecified atom stereocenters. The van der Waals surface area contributed by atoms with Crippen LogP contribution in [0.2, 0.25) is 0 Å². The SMILES string of the molecule is NC[CH](N)[Ag].O=C(O)C(=O)O. The first-order valence-corrected chi connectivity index (χ1v) is 3.29. The van der Waals surface area contributed by atoms with Crippen molar-refractivity contribution in [3.8, 4) is 0 Å². The van der Waals surface area contributed by atoms with Gasteiger partial charge in [-0.1, -0.05) is 0 Å². The zero-order valence-corrected chi connectivity index (χ0v) is 6.93. The monoisotopic (exact) mass is 256 g/mol. The molecule has 7 heteroatoms. The van der Waals surface area contributed by atoms with Crippen LogP contribution in [0.25, 0.3) is 0 Å². The van der Waals surface area contributed by atoms with Crippen molar-refractivity contribution in [1.82, 2.24) is 0 Å². The van der Waals surface area contributed by atoms with Gasteiger partial charge in [0.2, 0.25) is 0 Å². The van der Waals surface area contributed by atoms with Gasteiger partial charge in [0.15, 0.2) is 0 Å². The first-order chi connectivity index (χ1) is 4.91. The zero-order chi connectivity index (χ0) is 9.44. The molecule has 6 N–H and O–H groups in total. The fraction of sp³-hybridized carbons (Fsp3) is 0.500. The minimum absolute atomic E-state index is 0.0280. The molecule has 0 aliphatic rings. The third kappa shape index (κ3) is 17.7. The summed E-state index contributed by atoms with van der Waals surface area (Å²) in [5.74, 6) is -3.65. The van der Waals surface area contributed by atoms with Crippen molar-refractivity contribution in [3.63, 3.8) is 0 Å². The van der Waals surface area contributed by atoms with Crippen LogP contribution in [0.1, 0.15) is 0 Å². The maximum Gasteiger partial charge on any atom is 0.414 e. The number of hydrogen-bond acceptors (Lipinski definition) is 4. The van der Waals surface area contributed by atoms with Crippen LogP contribution in [0.15, 0.2) is 0 Å². The molecule has 0 aromatic rings. The average molecular weight is 257 g/mol. The van der Waals surface area contributed by atoms with Crippen LogP contribution < -0.4 is 11.5 Å². The predicted molar refractivity (Wildman–Crippen MR) is 32.3 cm³/mol. The molecule has 0 heterocycles. The Labute approximate surface area is 75.5 Å². The summed E-state index contributed by atoms with van der Waals surface area (Å²) >= 11 is 3.04. The smallest absolute Gasteiger partial charge is 0.414 e. The molecule has 0 fully saturated rings. The Morgan fingerprint density at radius 2 is 1.55 bits per heavy atom. The third-order valence-electron chi connectivity index (χ3n) is 0.390. The summed E-state index contributed by atoms with van der Waals surface area (Å²) in [5.41, 5.74) is 10.1. The van der Waals surface area contributed by atoms with Gasteiger partial charge in [-0.2, -0.15) is 0 Å². The number of nitrogens with two attached hydrogens (primary N) is 2. The van der Waals surface area contributed by atoms with E-state index in [4.69, 9.17) is 31.3 Å². The maximum absolute atomic E-state index is 9.10. The Bertz CT molecular complexity index is 126. The Hall–Kier alpha value is -0.400. The van der Waals surface area contributed by atoms with Gasteiger partial charge in [0.05, 0.1) is 0 Å². The quantitative estimate of drug-likeness (QED) is 0.316. The van der Waals surface area contributed by atoms with Crippen molar-refractivity contribution in [3.05, 3.63) is 0 Å². The van der Waals surface area contributed by atoms with E-state index in [1.165, 1.54) is 0 Å². The van der Waals surface area contributed by atoms with Crippen LogP contribution >= 0.6 is 0 Å². The van der Waals surface area contributed by atoms with Gasteiger partial charge in [0, 0.05) is 0 Å². The summed E-state index contributed by atoms with van der Waals surface area (Å²) in [7, 11) is 0. The first kappa shape index (κ1) is 13.2. The van der Waals surface area contributed by atoms with Crippen LogP contribution in [0, 0.1) is 0 Å². The standard InChI is InChI=1S/C2H7N2.C2H2O4.Ag/c3-1-2-4;3-1(4)2(5)6;/h1H,2-4H2;(H,3,4)(H,5,6);. The molecule has 0 aliphatic carbocycles. The molecule has 0 rings (SSSR count). The van der Waals surface area contributed by atoms with E-state index in [9.17, 15) is 0 Å². The molecule has 11 heavy (non-hydrogen) atoms. The predicted octanol–water partition coefficient (Wildman–Crippen LogP) is -2.07. The van der Waals surface area contributed by atoms with E-state index < -0.39 is 11.9 Å². The summed E-state index contributed by atoms with van der Waals surface area (Å²) in [6, 6.07) is 0. The molecule has 0 aliphatic heterocycles. The summed E-state index contributed by atoms with van der Waals surface area (Å²) in [6.07, 6.45) is 0. The molecule has 1 atom stereocenters. The maximum atomic E-state index is 9.10. The van der Waals surface area contributed by atoms with Gasteiger partial charge >= 0.3 is 55.3 Å². The molecule has 0 amide bonds. The number of carboxylic acid groups (broad SMARTS) is 2. The first-order valence-electron chi connectivity index (χ1n) is 2.43. The number of carboxylic acids is 2. The summed E-state index contributed by atoms with van der Waals surface area (Å²) in [5, 5.41) is 14.8. The molecular weight excluding hydrogens is 248 g/mol. The van der Waals surface area contributed by atoms with E-state index in [0.29, 0.717) is 6.54 Å². The summed E-state index contributed by atoms with van der Waals surface area (Å²) in [4.78, 5) is 18.2. The van der Waals surface area contributed by atoms with E-state index in [0.717, 1.165) is 0 Å². The van der Waals surface area contributed by atoms with Crippen LogP contribution in [0.4, 0.5) is 0 Å². The zero-order valence-electron chi connectivity index (χ0n) is 5.45. The molecule has 0 aromatic carbocycles. The van der Waals surface area contributed by atoms with E-state index in [1.54, 1.807) is 0 Å². The second-order valence-electron chi connectivity index (χ2n) is 1.31. The second-order valence-corrected chi connectivity index (χ2v) is 2.40. The van der Waals surface area contributed by atoms with Crippen molar-refractivity contribution in [2.24, 2.45) is 11.5 Å². The molecule has 70 valence electrons. The number of rotatable bonds is 1. The molecule has 0 aromatic heterocycles. The largest absolute Gasteiger partial charge is 0.473 e. The van der Waals surface area contributed by atoms with E-state index in [1.807, 2.05) is 0 Å². The van der Waals surface area contributed by atoms with Crippen molar-refractivity contribution in [2.45, 2.75) is 4.26 Å². The molecule has 0 bridgehead atoms. The Balaban J connectivity index is 0. The van der Waals surface area contributed by atoms with Crippen molar-refractivity contribution >= 4 is 11.9 Å². The van der Waals surface area contributed by atoms with Gasteiger partial charge < -0.3 is 10.2 Å². The normalized spacial score (nSPS) is 10.9. The average Bonchev–Trinajstić information content (AvgIpc) is 1.89. The van der Waals surface area contributed by atoms with E-state index in [-0.39, 0.29) is 4.26 Å². The second kappa shape index (κ2) is 7.70. The Morgan fingerprint density at radius 3 is 1.55 bits per heavy atom. The topological polar surface area (TPSA) is 127 Å². The Morgan fingerprint density at radius 1 is 1.36 bits per heavy atom. The van der Waals surface area contributed by atoms with Crippen LogP contribution in [-0.4, -0.2) is 33.0 Å². The molecule has 0 saturated carbocycles. The molecule has 0 saturated heterocycles. The van der Waals surface area contributed by atoms with Gasteiger partial charge in [-0.15, -0.1) is 0 Å². The van der Waals surface area contributed by atoms with E-state index >= 15 is 0 Å². The minimum Gasteiger partial charge on any atom is -0.473 e. The van der Waals surface area contributed by atoms with Gasteiger partial charge in [-0.05, 0) is 0 Å². The van der Waals surface area contributed by atoms with Crippen molar-refractivity contribution < 1.29 is 40.9 Å². The number of hydrogen-bond donors (Lipinski definition) is 4. The molecule has 6 nitrogen and oxygen atoms in total. The van der Waals surface area contributed by atoms with Gasteiger partial charge in [-0.25, -0.2) is 9.59 Å². The minimum atomic E-state index is -1.82. The number of carbonyl (C=O) groups is 2. The van der Waals surface area contributed by atoms with Crippen LogP contribution in [0.3, 0.4) is 0 Å². The molecule has 0 spiro atoms. The molecular formula is C4H9AgN2O4. The third-order valence-corrected chi connectivity index (χ3v) is 0.739. The van der Waals surface area contributed by atoms with Crippen molar-refractivity contribution in [2.75, 3.05) is 6.54 Å². The van der Waals surface area contributed by atoms with Gasteiger partial charge in [0.25, 0.3) is 0 Å². The Kier molecular flexibility index (Phi) is 9.25. The summed E-state index contributed by atoms with van der Waals surface area (Å²) < 4.78 is -0.0280. The number of aliphatic carboxylic acids is 2. The summed E-state index contributed by atoms with van der Waals surface area (Å²) in [6.45, 7) is 0.499. The van der Waals surface area contributed by atoms with Gasteiger partial charge in [0.1, 0.15) is 0 Å². The molecule has 0 radical (unpaired) electrons. The fourth-order valence-corrected chi connectivity index (χ4v) is 0. The van der Waals surface area contributed by atoms with Crippen LogP contribution in [-0.2, 0) is 30.7 Å². The fourth-order valence-electron chi connectivity index (χ4n) is 0.